The van der Waals surface area contributed by atoms with Crippen molar-refractivity contribution in [2.75, 3.05) is 106 Å². The van der Waals surface area contributed by atoms with Crippen LogP contribution in [0.15, 0.2) is 72.8 Å². The van der Waals surface area contributed by atoms with Crippen LogP contribution in [-0.4, -0.2) is 143 Å². The molecule has 0 fully saturated rings. The van der Waals surface area contributed by atoms with Gasteiger partial charge in [-0.15, -0.1) is 0 Å². The fourth-order valence-corrected chi connectivity index (χ4v) is 10.2. The fourth-order valence-electron chi connectivity index (χ4n) is 6.84. The molecule has 0 unspecified atom stereocenters. The van der Waals surface area contributed by atoms with Crippen molar-refractivity contribution in [2.45, 2.75) is 25.7 Å². The molecule has 0 atom stereocenters. The minimum Gasteiger partial charge on any atom is -0.492 e. The van der Waals surface area contributed by atoms with E-state index < -0.39 is 0 Å². The number of fused-ring (bicyclic) bond motifs is 8. The van der Waals surface area contributed by atoms with Crippen LogP contribution < -0.4 is 18.9 Å². The Kier molecular flexibility index (Phi) is 21.5. The molecule has 0 aromatic heterocycles. The van der Waals surface area contributed by atoms with Gasteiger partial charge in [-0.05, 0) is 44.5 Å². The molecule has 0 N–H and O–H groups in total. The second kappa shape index (κ2) is 26.4. The zero-order valence-corrected chi connectivity index (χ0v) is 44.6. The predicted octanol–water partition coefficient (Wildman–Crippen LogP) is 10.2. The first-order valence-electron chi connectivity index (χ1n) is 21.0. The maximum Gasteiger partial charge on any atom is 0.135 e. The molecule has 0 aliphatic heterocycles. The quantitative estimate of drug-likeness (QED) is 0.0696. The zero-order chi connectivity index (χ0) is 46.2. The number of thiocarbonyl (C=S) groups is 4. The molecule has 4 aromatic carbocycles. The van der Waals surface area contributed by atoms with Crippen LogP contribution in [0, 0.1) is 0 Å². The highest BCUT2D eigenvalue weighted by atomic mass is 32.2. The largest absolute Gasteiger partial charge is 0.492 e. The highest BCUT2D eigenvalue weighted by Crippen LogP contribution is 2.39. The summed E-state index contributed by atoms with van der Waals surface area (Å²) in [4.78, 5) is 7.84. The second-order valence-corrected chi connectivity index (χ2v) is 22.7. The van der Waals surface area contributed by atoms with Gasteiger partial charge in [0, 0.05) is 105 Å². The first kappa shape index (κ1) is 52.0. The highest BCUT2D eigenvalue weighted by molar-refractivity contribution is 8.23. The van der Waals surface area contributed by atoms with Gasteiger partial charge in [-0.1, -0.05) is 169 Å². The predicted molar refractivity (Wildman–Crippen MR) is 294 cm³/mol. The molecular formula is C48H60N4O4S8. The Labute approximate surface area is 420 Å². The van der Waals surface area contributed by atoms with E-state index in [1.807, 2.05) is 76.0 Å². The summed E-state index contributed by atoms with van der Waals surface area (Å²) in [5, 5.41) is 0. The lowest BCUT2D eigenvalue weighted by Crippen LogP contribution is -2.18. The van der Waals surface area contributed by atoms with Crippen LogP contribution in [0.3, 0.4) is 0 Å². The number of hydrogen-bond donors (Lipinski definition) is 0. The third-order valence-corrected chi connectivity index (χ3v) is 16.7. The van der Waals surface area contributed by atoms with Gasteiger partial charge in [0.25, 0.3) is 0 Å². The molecule has 0 saturated carbocycles. The Bertz CT molecular complexity index is 1850. The van der Waals surface area contributed by atoms with Crippen molar-refractivity contribution in [2.24, 2.45) is 0 Å². The van der Waals surface area contributed by atoms with Gasteiger partial charge in [-0.2, -0.15) is 0 Å². The summed E-state index contributed by atoms with van der Waals surface area (Å²) in [7, 11) is 15.8. The van der Waals surface area contributed by atoms with Gasteiger partial charge in [0.15, 0.2) is 0 Å². The number of benzene rings is 4. The van der Waals surface area contributed by atoms with Gasteiger partial charge in [0.05, 0.1) is 26.4 Å². The van der Waals surface area contributed by atoms with Crippen molar-refractivity contribution in [1.82, 2.24) is 19.6 Å². The van der Waals surface area contributed by atoms with E-state index in [2.05, 4.69) is 72.8 Å². The monoisotopic (exact) mass is 1010 g/mol. The van der Waals surface area contributed by atoms with E-state index in [1.165, 1.54) is 0 Å². The fraction of sp³-hybridized carbons (Fsp3) is 0.417. The maximum absolute atomic E-state index is 6.83. The van der Waals surface area contributed by atoms with E-state index in [-0.39, 0.29) is 0 Å². The number of rotatable bonds is 16. The van der Waals surface area contributed by atoms with Crippen LogP contribution >= 0.6 is 95.9 Å². The normalized spacial score (nSPS) is 11.9. The second-order valence-electron chi connectivity index (χ2n) is 15.8. The molecule has 0 radical (unpaired) electrons. The van der Waals surface area contributed by atoms with Crippen molar-refractivity contribution in [3.05, 3.63) is 117 Å². The van der Waals surface area contributed by atoms with Gasteiger partial charge in [0.2, 0.25) is 0 Å². The summed E-state index contributed by atoms with van der Waals surface area (Å²) in [5.41, 5.74) is 8.68. The van der Waals surface area contributed by atoms with E-state index in [4.69, 9.17) is 67.8 Å². The third-order valence-electron chi connectivity index (χ3n) is 9.92. The number of para-hydroxylation sites is 4. The lowest BCUT2D eigenvalue weighted by Gasteiger charge is -2.23. The summed E-state index contributed by atoms with van der Waals surface area (Å²) in [6.07, 6.45) is 2.44. The van der Waals surface area contributed by atoms with Gasteiger partial charge in [0.1, 0.15) is 40.3 Å². The topological polar surface area (TPSA) is 49.9 Å². The molecular weight excluding hydrogens is 953 g/mol. The molecule has 344 valence electrons. The molecule has 0 heterocycles. The Balaban J connectivity index is 1.63. The first-order chi connectivity index (χ1) is 30.7. The molecule has 16 heteroatoms. The van der Waals surface area contributed by atoms with Gasteiger partial charge < -0.3 is 38.5 Å². The van der Waals surface area contributed by atoms with Crippen LogP contribution in [0.4, 0.5) is 0 Å². The minimum atomic E-state index is 0.498. The Morgan fingerprint density at radius 2 is 0.531 bits per heavy atom. The van der Waals surface area contributed by atoms with Crippen molar-refractivity contribution in [1.29, 1.82) is 0 Å². The molecule has 5 rings (SSSR count). The van der Waals surface area contributed by atoms with Crippen LogP contribution in [0.1, 0.15) is 44.5 Å². The van der Waals surface area contributed by atoms with Crippen LogP contribution in [0.2, 0.25) is 0 Å². The Hall–Kier alpha value is -2.96. The van der Waals surface area contributed by atoms with E-state index in [9.17, 15) is 0 Å². The first-order valence-corrected chi connectivity index (χ1v) is 26.6. The smallest absolute Gasteiger partial charge is 0.135 e. The molecule has 0 spiro atoms. The molecule has 0 amide bonds. The van der Waals surface area contributed by atoms with Gasteiger partial charge in [-0.25, -0.2) is 0 Å². The number of hydrogen-bond acceptors (Lipinski definition) is 12. The number of thioether (sulfide) groups is 4. The molecule has 64 heavy (non-hydrogen) atoms. The highest BCUT2D eigenvalue weighted by Gasteiger charge is 2.22. The average Bonchev–Trinajstić information content (AvgIpc) is 3.25. The molecule has 1 aliphatic rings. The summed E-state index contributed by atoms with van der Waals surface area (Å²) < 4.78 is 30.6. The molecule has 4 aromatic rings. The molecule has 1 aliphatic carbocycles. The number of ether oxygens (including phenoxy) is 4. The van der Waals surface area contributed by atoms with Crippen LogP contribution in [0.5, 0.6) is 23.0 Å². The lowest BCUT2D eigenvalue weighted by atomic mass is 9.91. The van der Waals surface area contributed by atoms with Crippen molar-refractivity contribution >= 4 is 113 Å². The summed E-state index contributed by atoms with van der Waals surface area (Å²) >= 11 is 28.9. The summed E-state index contributed by atoms with van der Waals surface area (Å²) in [6, 6.07) is 26.0. The van der Waals surface area contributed by atoms with E-state index in [0.717, 1.165) is 108 Å². The molecule has 8 bridgehead atoms. The molecule has 8 nitrogen and oxygen atoms in total. The summed E-state index contributed by atoms with van der Waals surface area (Å²) in [6.45, 7) is 1.99. The van der Waals surface area contributed by atoms with Crippen LogP contribution in [0.25, 0.3) is 0 Å². The summed E-state index contributed by atoms with van der Waals surface area (Å²) in [5.74, 6) is 6.41. The molecule has 0 saturated heterocycles. The average molecular weight is 1010 g/mol. The Morgan fingerprint density at radius 3 is 0.688 bits per heavy atom. The lowest BCUT2D eigenvalue weighted by molar-refractivity contribution is 0.329. The SMILES string of the molecule is CN(C)C(=S)SCCOc1c2cccc1Cc1cccc(c1OCCSC(=S)N(C)C)Cc1cccc(c1OCCSC(=S)N(C)C)Cc1cccc(c1OCCSC(=S)N(C)C)C2. The van der Waals surface area contributed by atoms with E-state index in [0.29, 0.717) is 52.1 Å². The maximum atomic E-state index is 6.83. The van der Waals surface area contributed by atoms with E-state index in [1.54, 1.807) is 47.0 Å². The third kappa shape index (κ3) is 15.6. The number of nitrogens with zero attached hydrogens (tertiary/aromatic N) is 4. The Morgan fingerprint density at radius 1 is 0.359 bits per heavy atom. The van der Waals surface area contributed by atoms with Crippen molar-refractivity contribution in [3.8, 4) is 23.0 Å². The van der Waals surface area contributed by atoms with Gasteiger partial charge in [-0.3, -0.25) is 0 Å². The van der Waals surface area contributed by atoms with Crippen molar-refractivity contribution in [3.63, 3.8) is 0 Å². The minimum absolute atomic E-state index is 0.498. The van der Waals surface area contributed by atoms with Gasteiger partial charge >= 0.3 is 0 Å². The van der Waals surface area contributed by atoms with Crippen molar-refractivity contribution < 1.29 is 18.9 Å². The van der Waals surface area contributed by atoms with Crippen LogP contribution in [-0.2, 0) is 25.7 Å². The standard InChI is InChI=1S/C48H60N4O4S8/c1-49(2)45(57)61-25-21-53-41-33-13-9-14-34(41)30-36-16-11-18-38(43(36)55-23-27-63-47(59)51(5)6)32-40-20-12-19-39(44(40)56-24-28-64-48(60)52(7)8)31-37-17-10-15-35(29-33)42(37)54-22-26-62-46(58)50(3)4/h9-20H,21-32H2,1-8H3. The van der Waals surface area contributed by atoms with E-state index >= 15 is 0 Å². The zero-order valence-electron chi connectivity index (χ0n) is 38.1.